The second-order valence-electron chi connectivity index (χ2n) is 7.16. The average Bonchev–Trinajstić information content (AvgIpc) is 3.05. The number of rotatable bonds is 6. The molecular formula is C20H27FN4O. The number of halogens is 1. The molecule has 1 aromatic carbocycles. The Balaban J connectivity index is 1.85. The summed E-state index contributed by atoms with van der Waals surface area (Å²) < 4.78 is 18.8. The Labute approximate surface area is 154 Å². The molecule has 1 aliphatic rings. The fraction of sp³-hybridized carbons (Fsp3) is 0.500. The molecule has 140 valence electrons. The number of likely N-dealkylation sites (tertiary alicyclic amines) is 1. The first-order valence-corrected chi connectivity index (χ1v) is 9.01. The predicted octanol–water partition coefficient (Wildman–Crippen LogP) is 3.33. The molecule has 0 amide bonds. The Morgan fingerprint density at radius 1 is 1.35 bits per heavy atom. The van der Waals surface area contributed by atoms with Gasteiger partial charge in [0.25, 0.3) is 0 Å². The standard InChI is InChI=1S/C20H27FN4O/c1-14-22-11-16(13-24(2)3)20(23-14)18-6-5-9-25(18)12-15-7-8-17(21)19(10-15)26-4/h7-8,10-11,18H,5-6,9,12-13H2,1-4H3. The molecule has 0 saturated carbocycles. The minimum atomic E-state index is -0.325. The summed E-state index contributed by atoms with van der Waals surface area (Å²) in [6.45, 7) is 4.53. The molecule has 1 aromatic heterocycles. The van der Waals surface area contributed by atoms with Gasteiger partial charge in [-0.2, -0.15) is 0 Å². The van der Waals surface area contributed by atoms with Crippen molar-refractivity contribution >= 4 is 0 Å². The van der Waals surface area contributed by atoms with Crippen LogP contribution in [0.4, 0.5) is 4.39 Å². The molecule has 0 aliphatic carbocycles. The third-order valence-electron chi connectivity index (χ3n) is 4.79. The summed E-state index contributed by atoms with van der Waals surface area (Å²) in [4.78, 5) is 13.7. The summed E-state index contributed by atoms with van der Waals surface area (Å²) in [5.74, 6) is 0.774. The van der Waals surface area contributed by atoms with Crippen molar-refractivity contribution in [3.8, 4) is 5.75 Å². The van der Waals surface area contributed by atoms with Gasteiger partial charge in [-0.3, -0.25) is 4.90 Å². The van der Waals surface area contributed by atoms with Crippen LogP contribution in [0.1, 0.15) is 41.5 Å². The third-order valence-corrected chi connectivity index (χ3v) is 4.79. The van der Waals surface area contributed by atoms with Gasteiger partial charge >= 0.3 is 0 Å². The van der Waals surface area contributed by atoms with E-state index in [1.807, 2.05) is 19.2 Å². The predicted molar refractivity (Wildman–Crippen MR) is 99.5 cm³/mol. The lowest BCUT2D eigenvalue weighted by molar-refractivity contribution is 0.240. The summed E-state index contributed by atoms with van der Waals surface area (Å²) in [5.41, 5.74) is 3.35. The normalized spacial score (nSPS) is 17.8. The molecule has 6 heteroatoms. The molecule has 0 N–H and O–H groups in total. The lowest BCUT2D eigenvalue weighted by Crippen LogP contribution is -2.26. The second-order valence-corrected chi connectivity index (χ2v) is 7.16. The number of methoxy groups -OCH3 is 1. The van der Waals surface area contributed by atoms with Crippen LogP contribution < -0.4 is 4.74 Å². The van der Waals surface area contributed by atoms with Gasteiger partial charge in [-0.25, -0.2) is 14.4 Å². The van der Waals surface area contributed by atoms with Gasteiger partial charge in [0, 0.05) is 24.8 Å². The van der Waals surface area contributed by atoms with Crippen LogP contribution >= 0.6 is 0 Å². The molecule has 2 aromatic rings. The summed E-state index contributed by atoms with van der Waals surface area (Å²) in [6, 6.07) is 5.37. The average molecular weight is 358 g/mol. The Hall–Kier alpha value is -2.05. The fourth-order valence-corrected chi connectivity index (χ4v) is 3.63. The zero-order valence-electron chi connectivity index (χ0n) is 16.0. The maximum atomic E-state index is 13.7. The van der Waals surface area contributed by atoms with Crippen LogP contribution in [0.3, 0.4) is 0 Å². The van der Waals surface area contributed by atoms with Gasteiger partial charge in [0.05, 0.1) is 18.8 Å². The zero-order valence-corrected chi connectivity index (χ0v) is 16.0. The highest BCUT2D eigenvalue weighted by Gasteiger charge is 2.29. The summed E-state index contributed by atoms with van der Waals surface area (Å²) >= 11 is 0. The second kappa shape index (κ2) is 8.10. The van der Waals surface area contributed by atoms with E-state index in [9.17, 15) is 4.39 Å². The van der Waals surface area contributed by atoms with Crippen molar-refractivity contribution < 1.29 is 9.13 Å². The molecule has 1 fully saturated rings. The van der Waals surface area contributed by atoms with Gasteiger partial charge in [-0.1, -0.05) is 6.07 Å². The summed E-state index contributed by atoms with van der Waals surface area (Å²) in [6.07, 6.45) is 4.16. The monoisotopic (exact) mass is 358 g/mol. The number of ether oxygens (including phenoxy) is 1. The van der Waals surface area contributed by atoms with Crippen molar-refractivity contribution in [2.75, 3.05) is 27.7 Å². The van der Waals surface area contributed by atoms with E-state index >= 15 is 0 Å². The van der Waals surface area contributed by atoms with Gasteiger partial charge < -0.3 is 9.64 Å². The fourth-order valence-electron chi connectivity index (χ4n) is 3.63. The van der Waals surface area contributed by atoms with Crippen LogP contribution in [-0.2, 0) is 13.1 Å². The molecule has 0 radical (unpaired) electrons. The maximum absolute atomic E-state index is 13.7. The highest BCUT2D eigenvalue weighted by Crippen LogP contribution is 2.34. The lowest BCUT2D eigenvalue weighted by atomic mass is 10.0. The van der Waals surface area contributed by atoms with Gasteiger partial charge in [0.15, 0.2) is 11.6 Å². The van der Waals surface area contributed by atoms with E-state index in [-0.39, 0.29) is 11.9 Å². The Bertz CT molecular complexity index is 765. The van der Waals surface area contributed by atoms with Crippen molar-refractivity contribution in [1.82, 2.24) is 19.8 Å². The van der Waals surface area contributed by atoms with Crippen molar-refractivity contribution in [2.24, 2.45) is 0 Å². The third kappa shape index (κ3) is 4.19. The van der Waals surface area contributed by atoms with E-state index in [4.69, 9.17) is 9.72 Å². The molecule has 0 spiro atoms. The first-order valence-electron chi connectivity index (χ1n) is 9.01. The maximum Gasteiger partial charge on any atom is 0.165 e. The van der Waals surface area contributed by atoms with Crippen molar-refractivity contribution in [3.05, 3.63) is 52.9 Å². The zero-order chi connectivity index (χ0) is 18.7. The van der Waals surface area contributed by atoms with Gasteiger partial charge in [-0.05, 0) is 58.1 Å². The summed E-state index contributed by atoms with van der Waals surface area (Å²) in [5, 5.41) is 0. The molecule has 1 saturated heterocycles. The van der Waals surface area contributed by atoms with Gasteiger partial charge in [0.1, 0.15) is 5.82 Å². The van der Waals surface area contributed by atoms with Crippen molar-refractivity contribution in [2.45, 2.75) is 38.9 Å². The van der Waals surface area contributed by atoms with E-state index < -0.39 is 0 Å². The van der Waals surface area contributed by atoms with E-state index in [1.165, 1.54) is 18.7 Å². The number of nitrogens with zero attached hydrogens (tertiary/aromatic N) is 4. The van der Waals surface area contributed by atoms with E-state index in [2.05, 4.69) is 28.9 Å². The molecule has 3 rings (SSSR count). The Morgan fingerprint density at radius 3 is 2.88 bits per heavy atom. The number of hydrogen-bond acceptors (Lipinski definition) is 5. The molecule has 5 nitrogen and oxygen atoms in total. The van der Waals surface area contributed by atoms with Crippen molar-refractivity contribution in [3.63, 3.8) is 0 Å². The Morgan fingerprint density at radius 2 is 2.15 bits per heavy atom. The largest absolute Gasteiger partial charge is 0.494 e. The Kier molecular flexibility index (Phi) is 5.84. The number of benzene rings is 1. The molecule has 2 heterocycles. The van der Waals surface area contributed by atoms with Crippen molar-refractivity contribution in [1.29, 1.82) is 0 Å². The first kappa shape index (κ1) is 18.7. The molecule has 1 aliphatic heterocycles. The van der Waals surface area contributed by atoms with Crippen LogP contribution in [0.2, 0.25) is 0 Å². The molecule has 0 bridgehead atoms. The first-order chi connectivity index (χ1) is 12.5. The lowest BCUT2D eigenvalue weighted by Gasteiger charge is -2.26. The van der Waals surface area contributed by atoms with E-state index in [1.54, 1.807) is 6.07 Å². The van der Waals surface area contributed by atoms with Gasteiger partial charge in [-0.15, -0.1) is 0 Å². The van der Waals surface area contributed by atoms with E-state index in [0.717, 1.165) is 49.6 Å². The molecule has 26 heavy (non-hydrogen) atoms. The number of aromatic nitrogens is 2. The molecule has 1 unspecified atom stereocenters. The number of aryl methyl sites for hydroxylation is 1. The van der Waals surface area contributed by atoms with Crippen LogP contribution in [0.25, 0.3) is 0 Å². The van der Waals surface area contributed by atoms with Crippen LogP contribution in [0.15, 0.2) is 24.4 Å². The molecule has 1 atom stereocenters. The van der Waals surface area contributed by atoms with Crippen LogP contribution in [-0.4, -0.2) is 47.5 Å². The van der Waals surface area contributed by atoms with Crippen LogP contribution in [0, 0.1) is 12.7 Å². The minimum Gasteiger partial charge on any atom is -0.494 e. The minimum absolute atomic E-state index is 0.266. The highest BCUT2D eigenvalue weighted by molar-refractivity contribution is 5.31. The highest BCUT2D eigenvalue weighted by atomic mass is 19.1. The van der Waals surface area contributed by atoms with Crippen LogP contribution in [0.5, 0.6) is 5.75 Å². The quantitative estimate of drug-likeness (QED) is 0.792. The topological polar surface area (TPSA) is 41.5 Å². The SMILES string of the molecule is COc1cc(CN2CCCC2c2nc(C)ncc2CN(C)C)ccc1F. The molecular weight excluding hydrogens is 331 g/mol. The number of hydrogen-bond donors (Lipinski definition) is 0. The van der Waals surface area contributed by atoms with Gasteiger partial charge in [0.2, 0.25) is 0 Å². The smallest absolute Gasteiger partial charge is 0.165 e. The summed E-state index contributed by atoms with van der Waals surface area (Å²) in [7, 11) is 5.61. The van der Waals surface area contributed by atoms with E-state index in [0.29, 0.717) is 5.75 Å².